The molecule has 2 rings (SSSR count). The van der Waals surface area contributed by atoms with Crippen LogP contribution in [0.4, 0.5) is 24.8 Å². The summed E-state index contributed by atoms with van der Waals surface area (Å²) in [7, 11) is 1.65. The molecule has 0 aliphatic rings. The van der Waals surface area contributed by atoms with Gasteiger partial charge in [-0.15, -0.1) is 11.3 Å². The molecule has 20 heavy (non-hydrogen) atoms. The van der Waals surface area contributed by atoms with Crippen LogP contribution in [0.3, 0.4) is 0 Å². The summed E-state index contributed by atoms with van der Waals surface area (Å²) in [6.07, 6.45) is -4.44. The van der Waals surface area contributed by atoms with Crippen LogP contribution in [-0.2, 0) is 12.7 Å². The molecule has 0 aliphatic carbocycles. The van der Waals surface area contributed by atoms with Crippen molar-refractivity contribution >= 4 is 23.0 Å². The molecule has 0 aromatic carbocycles. The number of hydrogen-bond donors (Lipinski definition) is 1. The van der Waals surface area contributed by atoms with Crippen molar-refractivity contribution in [1.82, 2.24) is 9.97 Å². The molecule has 0 atom stereocenters. The van der Waals surface area contributed by atoms with E-state index in [1.54, 1.807) is 11.9 Å². The van der Waals surface area contributed by atoms with E-state index in [2.05, 4.69) is 9.97 Å². The first-order valence-corrected chi connectivity index (χ1v) is 6.60. The van der Waals surface area contributed by atoms with Gasteiger partial charge < -0.3 is 10.6 Å². The van der Waals surface area contributed by atoms with E-state index >= 15 is 0 Å². The third kappa shape index (κ3) is 3.38. The summed E-state index contributed by atoms with van der Waals surface area (Å²) in [5, 5.41) is 2.77. The fraction of sp³-hybridized carbons (Fsp3) is 0.333. The first kappa shape index (κ1) is 14.6. The second-order valence-electron chi connectivity index (χ2n) is 4.35. The molecule has 8 heteroatoms. The zero-order valence-electron chi connectivity index (χ0n) is 10.9. The van der Waals surface area contributed by atoms with Crippen molar-refractivity contribution < 1.29 is 13.2 Å². The molecule has 0 amide bonds. The maximum atomic E-state index is 12.7. The Labute approximate surface area is 118 Å². The second kappa shape index (κ2) is 5.28. The second-order valence-corrected chi connectivity index (χ2v) is 5.41. The van der Waals surface area contributed by atoms with E-state index in [-0.39, 0.29) is 11.6 Å². The lowest BCUT2D eigenvalue weighted by Crippen LogP contribution is -2.19. The first-order valence-electron chi connectivity index (χ1n) is 5.72. The number of nitrogen functional groups attached to an aromatic ring is 1. The van der Waals surface area contributed by atoms with Crippen molar-refractivity contribution in [2.45, 2.75) is 19.6 Å². The van der Waals surface area contributed by atoms with Crippen LogP contribution >= 0.6 is 11.3 Å². The number of aromatic nitrogens is 2. The SMILES string of the molecule is Cc1nc(CN(C)c2cc(C(F)(F)F)cc(N)n2)cs1. The van der Waals surface area contributed by atoms with Gasteiger partial charge in [0.25, 0.3) is 0 Å². The summed E-state index contributed by atoms with van der Waals surface area (Å²) in [6.45, 7) is 2.24. The Morgan fingerprint density at radius 3 is 2.55 bits per heavy atom. The molecule has 0 radical (unpaired) electrons. The zero-order valence-corrected chi connectivity index (χ0v) is 11.7. The minimum atomic E-state index is -4.44. The number of pyridine rings is 1. The normalized spacial score (nSPS) is 11.7. The lowest BCUT2D eigenvalue weighted by atomic mass is 10.2. The molecular formula is C12H13F3N4S. The fourth-order valence-corrected chi connectivity index (χ4v) is 2.30. The number of anilines is 2. The topological polar surface area (TPSA) is 55.0 Å². The Morgan fingerprint density at radius 2 is 2.00 bits per heavy atom. The highest BCUT2D eigenvalue weighted by Gasteiger charge is 2.31. The number of nitrogens with zero attached hydrogens (tertiary/aromatic N) is 3. The van der Waals surface area contributed by atoms with Crippen LogP contribution < -0.4 is 10.6 Å². The van der Waals surface area contributed by atoms with Crippen LogP contribution in [0.5, 0.6) is 0 Å². The van der Waals surface area contributed by atoms with Gasteiger partial charge in [-0.05, 0) is 19.1 Å². The number of aryl methyl sites for hydroxylation is 1. The number of rotatable bonds is 3. The standard InChI is InChI=1S/C12H13F3N4S/c1-7-17-9(6-20-7)5-19(2)11-4-8(12(13,14)15)3-10(16)18-11/h3-4,6H,5H2,1-2H3,(H2,16,18). The number of halogens is 3. The Kier molecular flexibility index (Phi) is 3.85. The molecule has 0 saturated heterocycles. The molecule has 2 heterocycles. The summed E-state index contributed by atoms with van der Waals surface area (Å²) >= 11 is 1.49. The monoisotopic (exact) mass is 302 g/mol. The van der Waals surface area contributed by atoms with Crippen LogP contribution in [-0.4, -0.2) is 17.0 Å². The lowest BCUT2D eigenvalue weighted by molar-refractivity contribution is -0.137. The Hall–Kier alpha value is -1.83. The predicted molar refractivity (Wildman–Crippen MR) is 72.6 cm³/mol. The van der Waals surface area contributed by atoms with E-state index in [4.69, 9.17) is 5.73 Å². The zero-order chi connectivity index (χ0) is 14.9. The highest BCUT2D eigenvalue weighted by atomic mass is 32.1. The van der Waals surface area contributed by atoms with Crippen LogP contribution in [0.2, 0.25) is 0 Å². The fourth-order valence-electron chi connectivity index (χ4n) is 1.70. The Balaban J connectivity index is 2.25. The van der Waals surface area contributed by atoms with Crippen molar-refractivity contribution in [2.24, 2.45) is 0 Å². The van der Waals surface area contributed by atoms with Crippen molar-refractivity contribution in [2.75, 3.05) is 17.7 Å². The van der Waals surface area contributed by atoms with E-state index in [1.165, 1.54) is 11.3 Å². The number of hydrogen-bond acceptors (Lipinski definition) is 5. The Bertz CT molecular complexity index is 609. The third-order valence-electron chi connectivity index (χ3n) is 2.62. The van der Waals surface area contributed by atoms with E-state index in [0.717, 1.165) is 22.8 Å². The van der Waals surface area contributed by atoms with Crippen LogP contribution in [0.25, 0.3) is 0 Å². The molecule has 2 N–H and O–H groups in total. The molecule has 0 aliphatic heterocycles. The molecule has 0 bridgehead atoms. The minimum Gasteiger partial charge on any atom is -0.384 e. The molecular weight excluding hydrogens is 289 g/mol. The van der Waals surface area contributed by atoms with Crippen LogP contribution in [0.1, 0.15) is 16.3 Å². The van der Waals surface area contributed by atoms with Crippen molar-refractivity contribution in [3.8, 4) is 0 Å². The van der Waals surface area contributed by atoms with Gasteiger partial charge >= 0.3 is 6.18 Å². The summed E-state index contributed by atoms with van der Waals surface area (Å²) in [5.41, 5.74) is 5.42. The largest absolute Gasteiger partial charge is 0.416 e. The molecule has 0 spiro atoms. The van der Waals surface area contributed by atoms with Gasteiger partial charge in [0.15, 0.2) is 0 Å². The molecule has 2 aromatic heterocycles. The Morgan fingerprint density at radius 1 is 1.30 bits per heavy atom. The smallest absolute Gasteiger partial charge is 0.384 e. The molecule has 0 saturated carbocycles. The maximum Gasteiger partial charge on any atom is 0.416 e. The number of alkyl halides is 3. The number of thiazole rings is 1. The lowest BCUT2D eigenvalue weighted by Gasteiger charge is -2.19. The van der Waals surface area contributed by atoms with Gasteiger partial charge in [0.1, 0.15) is 11.6 Å². The highest BCUT2D eigenvalue weighted by molar-refractivity contribution is 7.09. The third-order valence-corrected chi connectivity index (χ3v) is 3.44. The molecule has 0 fully saturated rings. The maximum absolute atomic E-state index is 12.7. The van der Waals surface area contributed by atoms with Gasteiger partial charge in [0, 0.05) is 12.4 Å². The quantitative estimate of drug-likeness (QED) is 0.946. The average Bonchev–Trinajstić information content (AvgIpc) is 2.72. The van der Waals surface area contributed by atoms with Gasteiger partial charge in [0.2, 0.25) is 0 Å². The molecule has 4 nitrogen and oxygen atoms in total. The molecule has 0 unspecified atom stereocenters. The first-order chi connectivity index (χ1) is 9.25. The van der Waals surface area contributed by atoms with E-state index in [0.29, 0.717) is 6.54 Å². The van der Waals surface area contributed by atoms with Crippen molar-refractivity contribution in [3.63, 3.8) is 0 Å². The van der Waals surface area contributed by atoms with Crippen LogP contribution in [0, 0.1) is 6.92 Å². The summed E-state index contributed by atoms with van der Waals surface area (Å²) in [5.74, 6) is 0.0131. The summed E-state index contributed by atoms with van der Waals surface area (Å²) < 4.78 is 38.2. The average molecular weight is 302 g/mol. The van der Waals surface area contributed by atoms with Crippen LogP contribution in [0.15, 0.2) is 17.5 Å². The summed E-state index contributed by atoms with van der Waals surface area (Å²) in [4.78, 5) is 9.78. The van der Waals surface area contributed by atoms with Crippen molar-refractivity contribution in [3.05, 3.63) is 33.8 Å². The highest BCUT2D eigenvalue weighted by Crippen LogP contribution is 2.32. The van der Waals surface area contributed by atoms with E-state index in [9.17, 15) is 13.2 Å². The van der Waals surface area contributed by atoms with Gasteiger partial charge in [-0.1, -0.05) is 0 Å². The van der Waals surface area contributed by atoms with Gasteiger partial charge in [0.05, 0.1) is 22.8 Å². The molecule has 108 valence electrons. The molecule has 2 aromatic rings. The number of nitrogens with two attached hydrogens (primary N) is 1. The van der Waals surface area contributed by atoms with E-state index in [1.807, 2.05) is 12.3 Å². The predicted octanol–water partition coefficient (Wildman–Crippen LogP) is 3.08. The van der Waals surface area contributed by atoms with Crippen molar-refractivity contribution in [1.29, 1.82) is 0 Å². The van der Waals surface area contributed by atoms with Gasteiger partial charge in [-0.25, -0.2) is 9.97 Å². The minimum absolute atomic E-state index is 0.156. The van der Waals surface area contributed by atoms with Gasteiger partial charge in [-0.2, -0.15) is 13.2 Å². The van der Waals surface area contributed by atoms with E-state index < -0.39 is 11.7 Å². The summed E-state index contributed by atoms with van der Waals surface area (Å²) in [6, 6.07) is 1.81. The van der Waals surface area contributed by atoms with Gasteiger partial charge in [-0.3, -0.25) is 0 Å².